The number of hydrogen-bond acceptors (Lipinski definition) is 1. The number of anilines is 1. The first-order valence-corrected chi connectivity index (χ1v) is 4.19. The summed E-state index contributed by atoms with van der Waals surface area (Å²) in [7, 11) is 1.63. The average Bonchev–Trinajstić information content (AvgIpc) is 2.04. The molecule has 2 N–H and O–H groups in total. The number of nitrogens with zero attached hydrogens (tertiary/aromatic N) is 1. The van der Waals surface area contributed by atoms with Gasteiger partial charge in [0.1, 0.15) is 0 Å². The van der Waals surface area contributed by atoms with Crippen LogP contribution in [0.15, 0.2) is 28.7 Å². The number of urea groups is 1. The first-order valence-electron chi connectivity index (χ1n) is 3.40. The maximum Gasteiger partial charge on any atom is 0.318 e. The highest BCUT2D eigenvalue weighted by Crippen LogP contribution is 2.16. The number of carbonyl (C=O) groups excluding carboxylic acids is 1. The number of hydrogen-bond donors (Lipinski definition) is 1. The van der Waals surface area contributed by atoms with Crippen LogP contribution in [-0.4, -0.2) is 13.1 Å². The summed E-state index contributed by atoms with van der Waals surface area (Å²) in [6, 6.07) is 6.88. The first-order chi connectivity index (χ1) is 5.61. The molecule has 1 aromatic carbocycles. The van der Waals surface area contributed by atoms with E-state index in [4.69, 9.17) is 5.73 Å². The van der Waals surface area contributed by atoms with Crippen molar-refractivity contribution in [2.24, 2.45) is 5.73 Å². The zero-order valence-electron chi connectivity index (χ0n) is 6.62. The summed E-state index contributed by atoms with van der Waals surface area (Å²) in [6.07, 6.45) is 0. The van der Waals surface area contributed by atoms with Crippen molar-refractivity contribution >= 4 is 27.6 Å². The molecule has 0 aliphatic carbocycles. The van der Waals surface area contributed by atoms with Crippen molar-refractivity contribution < 1.29 is 4.79 Å². The zero-order chi connectivity index (χ0) is 9.14. The molecule has 4 heteroatoms. The molecule has 0 aliphatic heterocycles. The third-order valence-corrected chi connectivity index (χ3v) is 2.07. The van der Waals surface area contributed by atoms with Gasteiger partial charge in [0.2, 0.25) is 0 Å². The van der Waals surface area contributed by atoms with Crippen molar-refractivity contribution in [1.29, 1.82) is 0 Å². The Morgan fingerprint density at radius 3 is 2.33 bits per heavy atom. The molecule has 0 aromatic heterocycles. The Bertz CT molecular complexity index is 284. The summed E-state index contributed by atoms with van der Waals surface area (Å²) in [6.45, 7) is 0. The largest absolute Gasteiger partial charge is 0.351 e. The van der Waals surface area contributed by atoms with E-state index in [9.17, 15) is 4.79 Å². The summed E-state index contributed by atoms with van der Waals surface area (Å²) >= 11 is 3.30. The lowest BCUT2D eigenvalue weighted by Crippen LogP contribution is -2.31. The highest BCUT2D eigenvalue weighted by atomic mass is 79.9. The van der Waals surface area contributed by atoms with E-state index in [0.717, 1.165) is 10.2 Å². The topological polar surface area (TPSA) is 46.3 Å². The van der Waals surface area contributed by atoms with Crippen molar-refractivity contribution in [3.63, 3.8) is 0 Å². The zero-order valence-corrected chi connectivity index (χ0v) is 8.21. The van der Waals surface area contributed by atoms with E-state index >= 15 is 0 Å². The second-order valence-electron chi connectivity index (χ2n) is 2.37. The molecule has 0 bridgehead atoms. The molecule has 2 amide bonds. The lowest BCUT2D eigenvalue weighted by molar-refractivity contribution is 0.255. The van der Waals surface area contributed by atoms with Gasteiger partial charge in [-0.25, -0.2) is 4.79 Å². The van der Waals surface area contributed by atoms with E-state index < -0.39 is 6.03 Å². The minimum absolute atomic E-state index is 0.461. The van der Waals surface area contributed by atoms with Crippen LogP contribution >= 0.6 is 15.9 Å². The molecular weight excluding hydrogens is 220 g/mol. The molecule has 0 saturated carbocycles. The standard InChI is InChI=1S/C8H9BrN2O/c1-11(8(10)12)7-4-2-6(9)3-5-7/h2-5H,1H3,(H2,10,12). The van der Waals surface area contributed by atoms with Crippen molar-refractivity contribution in [2.75, 3.05) is 11.9 Å². The molecule has 0 saturated heterocycles. The van der Waals surface area contributed by atoms with Crippen molar-refractivity contribution in [3.8, 4) is 0 Å². The van der Waals surface area contributed by atoms with E-state index in [1.165, 1.54) is 4.90 Å². The highest BCUT2D eigenvalue weighted by Gasteiger charge is 2.04. The Labute approximate surface area is 79.3 Å². The first kappa shape index (κ1) is 9.06. The predicted octanol–water partition coefficient (Wildman–Crippen LogP) is 1.96. The van der Waals surface area contributed by atoms with Gasteiger partial charge in [-0.2, -0.15) is 0 Å². The van der Waals surface area contributed by atoms with Gasteiger partial charge in [0.25, 0.3) is 0 Å². The third kappa shape index (κ3) is 1.98. The molecule has 3 nitrogen and oxygen atoms in total. The Morgan fingerprint density at radius 2 is 1.92 bits per heavy atom. The predicted molar refractivity (Wildman–Crippen MR) is 52.1 cm³/mol. The second kappa shape index (κ2) is 3.58. The number of benzene rings is 1. The van der Waals surface area contributed by atoms with Crippen LogP contribution in [0.1, 0.15) is 0 Å². The fourth-order valence-corrected chi connectivity index (χ4v) is 1.06. The van der Waals surface area contributed by atoms with Gasteiger partial charge >= 0.3 is 6.03 Å². The smallest absolute Gasteiger partial charge is 0.318 e. The Morgan fingerprint density at radius 1 is 1.42 bits per heavy atom. The molecule has 0 fully saturated rings. The van der Waals surface area contributed by atoms with Crippen LogP contribution in [-0.2, 0) is 0 Å². The quantitative estimate of drug-likeness (QED) is 0.786. The second-order valence-corrected chi connectivity index (χ2v) is 3.29. The van der Waals surface area contributed by atoms with Gasteiger partial charge in [-0.15, -0.1) is 0 Å². The summed E-state index contributed by atoms with van der Waals surface area (Å²) in [4.78, 5) is 12.1. The maximum absolute atomic E-state index is 10.7. The molecule has 0 radical (unpaired) electrons. The van der Waals surface area contributed by atoms with Crippen LogP contribution in [0.5, 0.6) is 0 Å². The van der Waals surface area contributed by atoms with Crippen molar-refractivity contribution in [1.82, 2.24) is 0 Å². The lowest BCUT2D eigenvalue weighted by Gasteiger charge is -2.13. The summed E-state index contributed by atoms with van der Waals surface area (Å²) in [5, 5.41) is 0. The summed E-state index contributed by atoms with van der Waals surface area (Å²) in [5.74, 6) is 0. The SMILES string of the molecule is CN(C(N)=O)c1ccc(Br)cc1. The van der Waals surface area contributed by atoms with E-state index in [0.29, 0.717) is 0 Å². The van der Waals surface area contributed by atoms with Crippen molar-refractivity contribution in [3.05, 3.63) is 28.7 Å². The molecule has 0 unspecified atom stereocenters. The minimum atomic E-state index is -0.461. The molecule has 0 aliphatic rings. The van der Waals surface area contributed by atoms with Crippen LogP contribution in [0.2, 0.25) is 0 Å². The van der Waals surface area contributed by atoms with Gasteiger partial charge in [-0.1, -0.05) is 15.9 Å². The molecule has 64 valence electrons. The normalized spacial score (nSPS) is 9.50. The maximum atomic E-state index is 10.7. The van der Waals surface area contributed by atoms with Crippen LogP contribution in [0.4, 0.5) is 10.5 Å². The lowest BCUT2D eigenvalue weighted by atomic mass is 10.3. The van der Waals surface area contributed by atoms with Gasteiger partial charge in [-0.05, 0) is 24.3 Å². The van der Waals surface area contributed by atoms with E-state index in [2.05, 4.69) is 15.9 Å². The van der Waals surface area contributed by atoms with Gasteiger partial charge < -0.3 is 5.73 Å². The van der Waals surface area contributed by atoms with Crippen LogP contribution in [0.25, 0.3) is 0 Å². The number of primary amides is 1. The van der Waals surface area contributed by atoms with Gasteiger partial charge in [0.15, 0.2) is 0 Å². The van der Waals surface area contributed by atoms with E-state index in [1.807, 2.05) is 24.3 Å². The molecule has 0 atom stereocenters. The molecule has 1 aromatic rings. The summed E-state index contributed by atoms with van der Waals surface area (Å²) < 4.78 is 0.976. The van der Waals surface area contributed by atoms with Crippen LogP contribution < -0.4 is 10.6 Å². The molecular formula is C8H9BrN2O. The number of halogens is 1. The van der Waals surface area contributed by atoms with Crippen molar-refractivity contribution in [2.45, 2.75) is 0 Å². The Hall–Kier alpha value is -1.03. The van der Waals surface area contributed by atoms with E-state index in [1.54, 1.807) is 7.05 Å². The monoisotopic (exact) mass is 228 g/mol. The molecule has 12 heavy (non-hydrogen) atoms. The minimum Gasteiger partial charge on any atom is -0.351 e. The average molecular weight is 229 g/mol. The third-order valence-electron chi connectivity index (χ3n) is 1.54. The molecule has 0 heterocycles. The highest BCUT2D eigenvalue weighted by molar-refractivity contribution is 9.10. The van der Waals surface area contributed by atoms with Gasteiger partial charge in [-0.3, -0.25) is 4.90 Å². The van der Waals surface area contributed by atoms with Crippen LogP contribution in [0, 0.1) is 0 Å². The molecule has 0 spiro atoms. The fraction of sp³-hybridized carbons (Fsp3) is 0.125. The number of nitrogens with two attached hydrogens (primary N) is 1. The molecule has 1 rings (SSSR count). The van der Waals surface area contributed by atoms with Gasteiger partial charge in [0.05, 0.1) is 0 Å². The fourth-order valence-electron chi connectivity index (χ4n) is 0.792. The summed E-state index contributed by atoms with van der Waals surface area (Å²) in [5.41, 5.74) is 5.86. The van der Waals surface area contributed by atoms with Gasteiger partial charge in [0, 0.05) is 17.2 Å². The number of rotatable bonds is 1. The van der Waals surface area contributed by atoms with E-state index in [-0.39, 0.29) is 0 Å². The van der Waals surface area contributed by atoms with Crippen LogP contribution in [0.3, 0.4) is 0 Å². The Kier molecular flexibility index (Phi) is 2.70. The number of amides is 2. The Balaban J connectivity index is 2.89. The number of carbonyl (C=O) groups is 1.